The molecule has 0 bridgehead atoms. The summed E-state index contributed by atoms with van der Waals surface area (Å²) < 4.78 is 0. The van der Waals surface area contributed by atoms with E-state index in [0.29, 0.717) is 32.7 Å². The number of rotatable bonds is 2. The van der Waals surface area contributed by atoms with Gasteiger partial charge in [-0.05, 0) is 63.3 Å². The van der Waals surface area contributed by atoms with Crippen molar-refractivity contribution in [3.05, 3.63) is 34.9 Å². The van der Waals surface area contributed by atoms with Crippen LogP contribution < -0.4 is 0 Å². The van der Waals surface area contributed by atoms with Gasteiger partial charge < -0.3 is 14.7 Å². The number of hydrogen-bond acceptors (Lipinski definition) is 3. The van der Waals surface area contributed by atoms with Crippen molar-refractivity contribution < 1.29 is 14.4 Å². The number of hydrogen-bond donors (Lipinski definition) is 0. The van der Waals surface area contributed by atoms with Crippen LogP contribution in [0.25, 0.3) is 0 Å². The summed E-state index contributed by atoms with van der Waals surface area (Å²) in [6.45, 7) is 11.6. The summed E-state index contributed by atoms with van der Waals surface area (Å²) in [7, 11) is 0. The molecule has 1 unspecified atom stereocenters. The van der Waals surface area contributed by atoms with Gasteiger partial charge >= 0.3 is 0 Å². The molecule has 162 valence electrons. The Morgan fingerprint density at radius 1 is 0.967 bits per heavy atom. The molecule has 3 saturated heterocycles. The van der Waals surface area contributed by atoms with Gasteiger partial charge in [-0.25, -0.2) is 0 Å². The minimum Gasteiger partial charge on any atom is -0.342 e. The quantitative estimate of drug-likeness (QED) is 0.752. The molecule has 0 saturated carbocycles. The molecule has 3 fully saturated rings. The second kappa shape index (κ2) is 7.40. The third kappa shape index (κ3) is 3.03. The maximum atomic E-state index is 13.4. The topological polar surface area (TPSA) is 60.9 Å². The molecule has 3 aliphatic rings. The lowest BCUT2D eigenvalue weighted by Crippen LogP contribution is -2.53. The van der Waals surface area contributed by atoms with Crippen LogP contribution in [-0.2, 0) is 9.59 Å². The van der Waals surface area contributed by atoms with E-state index in [0.717, 1.165) is 36.9 Å². The van der Waals surface area contributed by atoms with Crippen LogP contribution in [0.15, 0.2) is 18.2 Å². The first-order valence-electron chi connectivity index (χ1n) is 11.1. The predicted octanol–water partition coefficient (Wildman–Crippen LogP) is 2.63. The number of nitrogens with zero attached hydrogens (tertiary/aromatic N) is 3. The fourth-order valence-electron chi connectivity index (χ4n) is 5.90. The van der Waals surface area contributed by atoms with Gasteiger partial charge in [-0.2, -0.15) is 0 Å². The number of aryl methyl sites for hydroxylation is 2. The Morgan fingerprint density at radius 2 is 1.67 bits per heavy atom. The fraction of sp³-hybridized carbons (Fsp3) is 0.625. The minimum absolute atomic E-state index is 0.0441. The minimum atomic E-state index is -0.482. The highest BCUT2D eigenvalue weighted by Crippen LogP contribution is 2.57. The van der Waals surface area contributed by atoms with Crippen molar-refractivity contribution in [1.29, 1.82) is 0 Å². The first kappa shape index (κ1) is 20.9. The van der Waals surface area contributed by atoms with Crippen LogP contribution in [0.2, 0.25) is 0 Å². The normalized spacial score (nSPS) is 25.6. The van der Waals surface area contributed by atoms with E-state index in [-0.39, 0.29) is 23.1 Å². The van der Waals surface area contributed by atoms with E-state index in [1.807, 2.05) is 53.7 Å². The van der Waals surface area contributed by atoms with Gasteiger partial charge in [0.05, 0.1) is 5.41 Å². The van der Waals surface area contributed by atoms with Crippen LogP contribution in [0, 0.1) is 24.7 Å². The van der Waals surface area contributed by atoms with Crippen LogP contribution in [0.3, 0.4) is 0 Å². The highest BCUT2D eigenvalue weighted by molar-refractivity contribution is 5.94. The van der Waals surface area contributed by atoms with Crippen LogP contribution in [-0.4, -0.2) is 71.7 Å². The Morgan fingerprint density at radius 3 is 2.23 bits per heavy atom. The third-order valence-electron chi connectivity index (χ3n) is 8.06. The molecule has 0 aliphatic carbocycles. The van der Waals surface area contributed by atoms with E-state index in [2.05, 4.69) is 0 Å². The molecule has 0 aromatic heterocycles. The summed E-state index contributed by atoms with van der Waals surface area (Å²) in [6.07, 6.45) is 2.36. The molecule has 2 spiro atoms. The lowest BCUT2D eigenvalue weighted by molar-refractivity contribution is -0.141. The average molecular weight is 412 g/mol. The Balaban J connectivity index is 1.56. The van der Waals surface area contributed by atoms with Gasteiger partial charge in [0.2, 0.25) is 11.8 Å². The SMILES string of the molecule is CCN1CCC2(CN(C(C)=O)CC23CCN(C(=O)c2ccc(C)c(C)c2)CC3)C1=O. The van der Waals surface area contributed by atoms with Crippen molar-refractivity contribution in [2.45, 2.75) is 47.0 Å². The number of likely N-dealkylation sites (tertiary alicyclic amines) is 3. The van der Waals surface area contributed by atoms with Crippen molar-refractivity contribution in [1.82, 2.24) is 14.7 Å². The Hall–Kier alpha value is -2.37. The van der Waals surface area contributed by atoms with E-state index in [1.165, 1.54) is 5.56 Å². The first-order valence-corrected chi connectivity index (χ1v) is 11.1. The van der Waals surface area contributed by atoms with E-state index in [9.17, 15) is 14.4 Å². The number of piperidine rings is 1. The number of benzene rings is 1. The van der Waals surface area contributed by atoms with E-state index in [1.54, 1.807) is 6.92 Å². The molecule has 1 atom stereocenters. The molecule has 1 aromatic rings. The zero-order chi connectivity index (χ0) is 21.7. The lowest BCUT2D eigenvalue weighted by atomic mass is 9.60. The second-order valence-electron chi connectivity index (χ2n) is 9.46. The van der Waals surface area contributed by atoms with Gasteiger partial charge in [-0.1, -0.05) is 6.07 Å². The molecule has 3 amide bonds. The standard InChI is InChI=1S/C24H33N3O3/c1-5-25-13-10-24(22(25)30)16-27(19(4)28)15-23(24)8-11-26(12-9-23)21(29)20-7-6-17(2)18(3)14-20/h6-7,14H,5,8-13,15-16H2,1-4H3. The van der Waals surface area contributed by atoms with Crippen molar-refractivity contribution in [3.63, 3.8) is 0 Å². The molecule has 0 N–H and O–H groups in total. The highest BCUT2D eigenvalue weighted by atomic mass is 16.2. The molecule has 0 radical (unpaired) electrons. The molecular formula is C24H33N3O3. The van der Waals surface area contributed by atoms with E-state index in [4.69, 9.17) is 0 Å². The third-order valence-corrected chi connectivity index (χ3v) is 8.06. The highest BCUT2D eigenvalue weighted by Gasteiger charge is 2.65. The van der Waals surface area contributed by atoms with Gasteiger partial charge in [0.1, 0.15) is 0 Å². The molecule has 4 rings (SSSR count). The average Bonchev–Trinajstić information content (AvgIpc) is 3.23. The maximum Gasteiger partial charge on any atom is 0.253 e. The molecular weight excluding hydrogens is 378 g/mol. The zero-order valence-electron chi connectivity index (χ0n) is 18.7. The van der Waals surface area contributed by atoms with Crippen LogP contribution in [0.1, 0.15) is 54.6 Å². The van der Waals surface area contributed by atoms with Gasteiger partial charge in [0.15, 0.2) is 0 Å². The van der Waals surface area contributed by atoms with Gasteiger partial charge in [0.25, 0.3) is 5.91 Å². The van der Waals surface area contributed by atoms with Crippen molar-refractivity contribution in [3.8, 4) is 0 Å². The van der Waals surface area contributed by atoms with Crippen LogP contribution >= 0.6 is 0 Å². The summed E-state index contributed by atoms with van der Waals surface area (Å²) in [5.74, 6) is 0.321. The summed E-state index contributed by atoms with van der Waals surface area (Å²) in [5.41, 5.74) is 2.33. The monoisotopic (exact) mass is 411 g/mol. The maximum absolute atomic E-state index is 13.4. The lowest BCUT2D eigenvalue weighted by Gasteiger charge is -2.46. The molecule has 6 heteroatoms. The van der Waals surface area contributed by atoms with Gasteiger partial charge in [-0.15, -0.1) is 0 Å². The van der Waals surface area contributed by atoms with Gasteiger partial charge in [-0.3, -0.25) is 14.4 Å². The Labute approximate surface area is 179 Å². The number of carbonyl (C=O) groups excluding carboxylic acids is 3. The number of amides is 3. The Bertz CT molecular complexity index is 888. The van der Waals surface area contributed by atoms with Crippen LogP contribution in [0.4, 0.5) is 0 Å². The largest absolute Gasteiger partial charge is 0.342 e. The Kier molecular flexibility index (Phi) is 5.15. The summed E-state index contributed by atoms with van der Waals surface area (Å²) >= 11 is 0. The van der Waals surface area contributed by atoms with Gasteiger partial charge in [0, 0.05) is 57.2 Å². The predicted molar refractivity (Wildman–Crippen MR) is 115 cm³/mol. The molecule has 3 heterocycles. The van der Waals surface area contributed by atoms with E-state index >= 15 is 0 Å². The zero-order valence-corrected chi connectivity index (χ0v) is 18.7. The van der Waals surface area contributed by atoms with Crippen molar-refractivity contribution in [2.24, 2.45) is 10.8 Å². The summed E-state index contributed by atoms with van der Waals surface area (Å²) in [4.78, 5) is 44.5. The smallest absolute Gasteiger partial charge is 0.253 e. The van der Waals surface area contributed by atoms with Crippen LogP contribution in [0.5, 0.6) is 0 Å². The summed E-state index contributed by atoms with van der Waals surface area (Å²) in [5, 5.41) is 0. The molecule has 3 aliphatic heterocycles. The molecule has 30 heavy (non-hydrogen) atoms. The first-order chi connectivity index (χ1) is 14.2. The second-order valence-corrected chi connectivity index (χ2v) is 9.46. The number of carbonyl (C=O) groups is 3. The van der Waals surface area contributed by atoms with E-state index < -0.39 is 5.41 Å². The summed E-state index contributed by atoms with van der Waals surface area (Å²) in [6, 6.07) is 5.88. The van der Waals surface area contributed by atoms with Crippen molar-refractivity contribution >= 4 is 17.7 Å². The molecule has 1 aromatic carbocycles. The molecule has 6 nitrogen and oxygen atoms in total. The van der Waals surface area contributed by atoms with Crippen molar-refractivity contribution in [2.75, 3.05) is 39.3 Å². The number of fused-ring (bicyclic) bond motifs is 1. The fourth-order valence-corrected chi connectivity index (χ4v) is 5.90.